The van der Waals surface area contributed by atoms with Crippen molar-refractivity contribution >= 4 is 35.5 Å². The molecule has 2 aliphatic rings. The first kappa shape index (κ1) is 23.3. The Morgan fingerprint density at radius 1 is 1.12 bits per heavy atom. The Morgan fingerprint density at radius 3 is 2.44 bits per heavy atom. The van der Waals surface area contributed by atoms with Crippen LogP contribution >= 0.6 is 11.8 Å². The highest BCUT2D eigenvalue weighted by atomic mass is 32.2. The summed E-state index contributed by atoms with van der Waals surface area (Å²) >= 11 is 1.23. The highest BCUT2D eigenvalue weighted by molar-refractivity contribution is 8.00. The third-order valence-corrected chi connectivity index (χ3v) is 6.78. The first-order chi connectivity index (χ1) is 16.3. The normalized spacial score (nSPS) is 20.1. The molecule has 6 N–H and O–H groups in total. The van der Waals surface area contributed by atoms with Crippen LogP contribution in [0, 0.1) is 0 Å². The number of aromatic hydroxyl groups is 1. The van der Waals surface area contributed by atoms with Gasteiger partial charge in [-0.3, -0.25) is 19.3 Å². The highest BCUT2D eigenvalue weighted by Gasteiger charge is 2.54. The third-order valence-electron chi connectivity index (χ3n) is 5.50. The topological polar surface area (TPSA) is 162 Å². The fraction of sp³-hybridized carbons (Fsp3) is 0.217. The largest absolute Gasteiger partial charge is 0.508 e. The Morgan fingerprint density at radius 2 is 1.79 bits per heavy atom. The number of carbonyl (C=O) groups is 4. The molecule has 0 bridgehead atoms. The number of β-lactam (4-membered cyclic amide) rings is 1. The number of aliphatic carboxylic acids is 1. The maximum atomic E-state index is 12.8. The van der Waals surface area contributed by atoms with Gasteiger partial charge in [0.25, 0.3) is 5.91 Å². The number of rotatable bonds is 7. The molecule has 11 heteroatoms. The zero-order valence-electron chi connectivity index (χ0n) is 17.8. The molecule has 0 radical (unpaired) electrons. The molecule has 34 heavy (non-hydrogen) atoms. The molecule has 176 valence electrons. The number of nitrogens with two attached hydrogens (primary N) is 1. The van der Waals surface area contributed by atoms with E-state index in [0.717, 1.165) is 10.5 Å². The van der Waals surface area contributed by atoms with Crippen LogP contribution in [0.15, 0.2) is 66.0 Å². The molecule has 2 aliphatic heterocycles. The van der Waals surface area contributed by atoms with Crippen molar-refractivity contribution in [1.29, 1.82) is 0 Å². The third kappa shape index (κ3) is 4.61. The van der Waals surface area contributed by atoms with Crippen LogP contribution in [-0.2, 0) is 25.6 Å². The number of amides is 3. The van der Waals surface area contributed by atoms with Crippen LogP contribution in [0.1, 0.15) is 17.2 Å². The van der Waals surface area contributed by atoms with E-state index in [9.17, 15) is 29.4 Å². The van der Waals surface area contributed by atoms with E-state index >= 15 is 0 Å². The standard InChI is InChI=1S/C23H22N4O6S/c24-17(13-6-8-14(28)9-7-13)20(30)26-18-21(31)27-19(23(32)33)15(11-34-22(18)27)25-16(29)10-12-4-2-1-3-5-12/h1-9,17-18,22,28H,10-11,24H2,(H,25,29)(H,26,30)(H,32,33)/t17?,18?,22-/m0/s1. The second kappa shape index (κ2) is 9.57. The zero-order valence-corrected chi connectivity index (χ0v) is 18.6. The summed E-state index contributed by atoms with van der Waals surface area (Å²) in [6, 6.07) is 12.8. The van der Waals surface area contributed by atoms with Crippen molar-refractivity contribution in [3.05, 3.63) is 77.1 Å². The van der Waals surface area contributed by atoms with Gasteiger partial charge in [0.1, 0.15) is 23.2 Å². The monoisotopic (exact) mass is 482 g/mol. The Hall–Kier alpha value is -3.83. The maximum absolute atomic E-state index is 12.8. The highest BCUT2D eigenvalue weighted by Crippen LogP contribution is 2.39. The average molecular weight is 483 g/mol. The van der Waals surface area contributed by atoms with E-state index in [0.29, 0.717) is 5.56 Å². The van der Waals surface area contributed by atoms with Gasteiger partial charge in [-0.2, -0.15) is 0 Å². The smallest absolute Gasteiger partial charge is 0.354 e. The number of phenolic OH excluding ortho intramolecular Hbond substituents is 1. The van der Waals surface area contributed by atoms with Crippen LogP contribution in [0.2, 0.25) is 0 Å². The van der Waals surface area contributed by atoms with E-state index in [4.69, 9.17) is 5.73 Å². The molecule has 3 atom stereocenters. The van der Waals surface area contributed by atoms with E-state index in [1.165, 1.54) is 36.0 Å². The first-order valence-electron chi connectivity index (χ1n) is 10.4. The van der Waals surface area contributed by atoms with Crippen molar-refractivity contribution in [3.63, 3.8) is 0 Å². The number of phenols is 1. The number of carboxylic acids is 1. The number of nitrogens with one attached hydrogen (secondary N) is 2. The molecule has 2 heterocycles. The van der Waals surface area contributed by atoms with E-state index in [1.807, 2.05) is 6.07 Å². The van der Waals surface area contributed by atoms with Crippen molar-refractivity contribution in [3.8, 4) is 5.75 Å². The van der Waals surface area contributed by atoms with Crippen molar-refractivity contribution in [2.75, 3.05) is 5.75 Å². The summed E-state index contributed by atoms with van der Waals surface area (Å²) in [6.45, 7) is 0. The maximum Gasteiger partial charge on any atom is 0.354 e. The Kier molecular flexibility index (Phi) is 6.57. The van der Waals surface area contributed by atoms with Gasteiger partial charge >= 0.3 is 5.97 Å². The van der Waals surface area contributed by atoms with Gasteiger partial charge in [-0.05, 0) is 23.3 Å². The molecule has 2 aromatic rings. The number of carboxylic acid groups (broad SMARTS) is 1. The van der Waals surface area contributed by atoms with Gasteiger partial charge in [0, 0.05) is 5.75 Å². The van der Waals surface area contributed by atoms with Crippen LogP contribution in [0.3, 0.4) is 0 Å². The van der Waals surface area contributed by atoms with Gasteiger partial charge in [-0.1, -0.05) is 42.5 Å². The number of thioether (sulfide) groups is 1. The summed E-state index contributed by atoms with van der Waals surface area (Å²) in [5.41, 5.74) is 7.02. The minimum absolute atomic E-state index is 0.0272. The van der Waals surface area contributed by atoms with Crippen LogP contribution < -0.4 is 16.4 Å². The lowest BCUT2D eigenvalue weighted by atomic mass is 10.0. The lowest BCUT2D eigenvalue weighted by molar-refractivity contribution is -0.151. The van der Waals surface area contributed by atoms with Crippen LogP contribution in [-0.4, -0.2) is 56.0 Å². The summed E-state index contributed by atoms with van der Waals surface area (Å²) in [5.74, 6) is -2.77. The van der Waals surface area contributed by atoms with Gasteiger partial charge in [0.2, 0.25) is 11.8 Å². The van der Waals surface area contributed by atoms with Crippen molar-refractivity contribution < 1.29 is 29.4 Å². The average Bonchev–Trinajstić information content (AvgIpc) is 2.82. The van der Waals surface area contributed by atoms with Gasteiger partial charge < -0.3 is 26.6 Å². The quantitative estimate of drug-likeness (QED) is 0.355. The van der Waals surface area contributed by atoms with Crippen molar-refractivity contribution in [2.24, 2.45) is 5.73 Å². The molecule has 0 aliphatic carbocycles. The Balaban J connectivity index is 1.44. The SMILES string of the molecule is NC(C(=O)NC1C(=O)N2C(C(=O)O)=C(NC(=O)Cc3ccccc3)CS[C@@H]12)c1ccc(O)cc1. The fourth-order valence-corrected chi connectivity index (χ4v) is 5.07. The molecule has 1 fully saturated rings. The van der Waals surface area contributed by atoms with Gasteiger partial charge in [-0.25, -0.2) is 4.79 Å². The molecular formula is C23H22N4O6S. The fourth-order valence-electron chi connectivity index (χ4n) is 3.79. The van der Waals surface area contributed by atoms with Crippen LogP contribution in [0.4, 0.5) is 0 Å². The van der Waals surface area contributed by atoms with Crippen LogP contribution in [0.25, 0.3) is 0 Å². The second-order valence-corrected chi connectivity index (χ2v) is 8.91. The number of hydrogen-bond donors (Lipinski definition) is 5. The predicted octanol–water partition coefficient (Wildman–Crippen LogP) is 0.447. The lowest BCUT2D eigenvalue weighted by Crippen LogP contribution is -2.71. The van der Waals surface area contributed by atoms with Crippen molar-refractivity contribution in [2.45, 2.75) is 23.9 Å². The number of benzene rings is 2. The molecule has 2 unspecified atom stereocenters. The minimum atomic E-state index is -1.35. The number of hydrogen-bond acceptors (Lipinski definition) is 7. The number of carbonyl (C=O) groups excluding carboxylic acids is 3. The summed E-state index contributed by atoms with van der Waals surface area (Å²) in [4.78, 5) is 50.8. The lowest BCUT2D eigenvalue weighted by Gasteiger charge is -2.49. The zero-order chi connectivity index (χ0) is 24.4. The Bertz CT molecular complexity index is 1170. The van der Waals surface area contributed by atoms with Gasteiger partial charge in [0.15, 0.2) is 5.70 Å². The predicted molar refractivity (Wildman–Crippen MR) is 123 cm³/mol. The second-order valence-electron chi connectivity index (χ2n) is 7.81. The molecule has 1 saturated heterocycles. The number of fused-ring (bicyclic) bond motifs is 1. The Labute approximate surface area is 198 Å². The molecule has 10 nitrogen and oxygen atoms in total. The summed E-state index contributed by atoms with van der Waals surface area (Å²) in [5, 5.41) is 23.7. The van der Waals surface area contributed by atoms with Gasteiger partial charge in [0.05, 0.1) is 12.1 Å². The van der Waals surface area contributed by atoms with E-state index in [1.54, 1.807) is 24.3 Å². The van der Waals surface area contributed by atoms with E-state index < -0.39 is 41.1 Å². The molecular weight excluding hydrogens is 460 g/mol. The molecule has 0 saturated carbocycles. The number of nitrogens with zero attached hydrogens (tertiary/aromatic N) is 1. The van der Waals surface area contributed by atoms with Crippen molar-refractivity contribution in [1.82, 2.24) is 15.5 Å². The molecule has 4 rings (SSSR count). The summed E-state index contributed by atoms with van der Waals surface area (Å²) < 4.78 is 0. The van der Waals surface area contributed by atoms with E-state index in [2.05, 4.69) is 10.6 Å². The van der Waals surface area contributed by atoms with Gasteiger partial charge in [-0.15, -0.1) is 11.8 Å². The molecule has 2 aromatic carbocycles. The minimum Gasteiger partial charge on any atom is -0.508 e. The molecule has 3 amide bonds. The summed E-state index contributed by atoms with van der Waals surface area (Å²) in [6.07, 6.45) is 0.0626. The molecule has 0 aromatic heterocycles. The summed E-state index contributed by atoms with van der Waals surface area (Å²) in [7, 11) is 0. The van der Waals surface area contributed by atoms with E-state index in [-0.39, 0.29) is 29.3 Å². The molecule has 0 spiro atoms. The van der Waals surface area contributed by atoms with Crippen LogP contribution in [0.5, 0.6) is 5.75 Å². The first-order valence-corrected chi connectivity index (χ1v) is 11.4.